The summed E-state index contributed by atoms with van der Waals surface area (Å²) in [5.41, 5.74) is 8.79. The van der Waals surface area contributed by atoms with Crippen LogP contribution in [0, 0.1) is 0 Å². The van der Waals surface area contributed by atoms with Gasteiger partial charge >= 0.3 is 0 Å². The van der Waals surface area contributed by atoms with Gasteiger partial charge in [-0.15, -0.1) is 0 Å². The van der Waals surface area contributed by atoms with Crippen molar-refractivity contribution < 1.29 is 0 Å². The van der Waals surface area contributed by atoms with Crippen LogP contribution >= 0.6 is 0 Å². The lowest BCUT2D eigenvalue weighted by Crippen LogP contribution is -2.20. The van der Waals surface area contributed by atoms with E-state index in [1.165, 1.54) is 0 Å². The first-order valence-electron chi connectivity index (χ1n) is 4.79. The maximum atomic E-state index is 6.08. The van der Waals surface area contributed by atoms with Crippen molar-refractivity contribution in [3.05, 3.63) is 36.2 Å². The van der Waals surface area contributed by atoms with E-state index in [0.717, 1.165) is 29.6 Å². The van der Waals surface area contributed by atoms with Crippen LogP contribution in [0.15, 0.2) is 30.5 Å². The van der Waals surface area contributed by atoms with Crippen LogP contribution < -0.4 is 5.73 Å². The number of pyridine rings is 2. The molecule has 3 rings (SSSR count). The Hall–Kier alpha value is -1.48. The molecule has 0 unspecified atom stereocenters. The molecular formula is C11H11N3. The highest BCUT2D eigenvalue weighted by Gasteiger charge is 2.41. The Bertz CT molecular complexity index is 489. The molecule has 1 aliphatic rings. The fourth-order valence-electron chi connectivity index (χ4n) is 1.62. The summed E-state index contributed by atoms with van der Waals surface area (Å²) in [5, 5.41) is 0. The van der Waals surface area contributed by atoms with Gasteiger partial charge in [-0.1, -0.05) is 0 Å². The summed E-state index contributed by atoms with van der Waals surface area (Å²) >= 11 is 0. The highest BCUT2D eigenvalue weighted by Crippen LogP contribution is 2.41. The monoisotopic (exact) mass is 185 g/mol. The summed E-state index contributed by atoms with van der Waals surface area (Å²) in [6.45, 7) is 0. The highest BCUT2D eigenvalue weighted by atomic mass is 14.9. The van der Waals surface area contributed by atoms with Gasteiger partial charge in [-0.2, -0.15) is 0 Å². The molecule has 0 saturated heterocycles. The minimum Gasteiger partial charge on any atom is -0.320 e. The summed E-state index contributed by atoms with van der Waals surface area (Å²) in [7, 11) is 0. The van der Waals surface area contributed by atoms with Crippen LogP contribution in [0.25, 0.3) is 11.0 Å². The SMILES string of the molecule is NC1(c2ccc3ncccc3n2)CC1. The zero-order valence-electron chi connectivity index (χ0n) is 7.77. The molecule has 14 heavy (non-hydrogen) atoms. The third-order valence-electron chi connectivity index (χ3n) is 2.75. The van der Waals surface area contributed by atoms with Crippen molar-refractivity contribution in [2.24, 2.45) is 5.73 Å². The first kappa shape index (κ1) is 7.88. The standard InChI is InChI=1S/C11H11N3/c12-11(5-6-11)10-4-3-8-9(14-10)2-1-7-13-8/h1-4,7H,5-6,12H2. The summed E-state index contributed by atoms with van der Waals surface area (Å²) in [6.07, 6.45) is 3.87. The normalized spacial score (nSPS) is 18.4. The average Bonchev–Trinajstić information content (AvgIpc) is 2.97. The van der Waals surface area contributed by atoms with E-state index in [-0.39, 0.29) is 5.54 Å². The van der Waals surface area contributed by atoms with Crippen molar-refractivity contribution in [1.82, 2.24) is 9.97 Å². The number of nitrogens with zero attached hydrogens (tertiary/aromatic N) is 2. The molecule has 3 nitrogen and oxygen atoms in total. The van der Waals surface area contributed by atoms with Gasteiger partial charge in [0.15, 0.2) is 0 Å². The van der Waals surface area contributed by atoms with Crippen LogP contribution in [-0.4, -0.2) is 9.97 Å². The molecule has 70 valence electrons. The summed E-state index contributed by atoms with van der Waals surface area (Å²) in [6, 6.07) is 7.85. The lowest BCUT2D eigenvalue weighted by Gasteiger charge is -2.07. The van der Waals surface area contributed by atoms with Crippen molar-refractivity contribution in [2.45, 2.75) is 18.4 Å². The summed E-state index contributed by atoms with van der Waals surface area (Å²) in [5.74, 6) is 0. The first-order valence-corrected chi connectivity index (χ1v) is 4.79. The quantitative estimate of drug-likeness (QED) is 0.733. The largest absolute Gasteiger partial charge is 0.320 e. The lowest BCUT2D eigenvalue weighted by atomic mass is 10.1. The third-order valence-corrected chi connectivity index (χ3v) is 2.75. The maximum absolute atomic E-state index is 6.08. The molecule has 0 amide bonds. The van der Waals surface area contributed by atoms with Gasteiger partial charge in [0.1, 0.15) is 0 Å². The van der Waals surface area contributed by atoms with E-state index in [1.54, 1.807) is 6.20 Å². The molecule has 0 bridgehead atoms. The molecule has 2 heterocycles. The lowest BCUT2D eigenvalue weighted by molar-refractivity contribution is 0.712. The van der Waals surface area contributed by atoms with Crippen molar-refractivity contribution >= 4 is 11.0 Å². The fraction of sp³-hybridized carbons (Fsp3) is 0.273. The molecule has 3 heteroatoms. The molecule has 2 aromatic heterocycles. The second-order valence-electron chi connectivity index (χ2n) is 3.89. The molecule has 0 spiro atoms. The van der Waals surface area contributed by atoms with Gasteiger partial charge in [0, 0.05) is 6.20 Å². The maximum Gasteiger partial charge on any atom is 0.0890 e. The van der Waals surface area contributed by atoms with Crippen LogP contribution in [0.2, 0.25) is 0 Å². The van der Waals surface area contributed by atoms with Gasteiger partial charge in [0.05, 0.1) is 22.3 Å². The Labute approximate surface area is 82.0 Å². The number of aromatic nitrogens is 2. The van der Waals surface area contributed by atoms with Gasteiger partial charge in [-0.3, -0.25) is 4.98 Å². The molecule has 0 atom stereocenters. The minimum atomic E-state index is -0.149. The Kier molecular flexibility index (Phi) is 1.42. The molecule has 1 saturated carbocycles. The van der Waals surface area contributed by atoms with Crippen LogP contribution in [0.5, 0.6) is 0 Å². The highest BCUT2D eigenvalue weighted by molar-refractivity contribution is 5.73. The Morgan fingerprint density at radius 2 is 2.00 bits per heavy atom. The Morgan fingerprint density at radius 3 is 2.79 bits per heavy atom. The van der Waals surface area contributed by atoms with Crippen LogP contribution in [0.1, 0.15) is 18.5 Å². The third kappa shape index (κ3) is 1.09. The number of nitrogens with two attached hydrogens (primary N) is 1. The van der Waals surface area contributed by atoms with Gasteiger partial charge < -0.3 is 5.73 Å². The van der Waals surface area contributed by atoms with Crippen molar-refractivity contribution in [3.63, 3.8) is 0 Å². The summed E-state index contributed by atoms with van der Waals surface area (Å²) in [4.78, 5) is 8.74. The predicted molar refractivity (Wildman–Crippen MR) is 54.6 cm³/mol. The van der Waals surface area contributed by atoms with Gasteiger partial charge in [-0.25, -0.2) is 4.98 Å². The molecule has 2 N–H and O–H groups in total. The van der Waals surface area contributed by atoms with Crippen molar-refractivity contribution in [1.29, 1.82) is 0 Å². The van der Waals surface area contributed by atoms with Crippen LogP contribution in [0.3, 0.4) is 0 Å². The average molecular weight is 185 g/mol. The Balaban J connectivity index is 2.20. The van der Waals surface area contributed by atoms with E-state index in [9.17, 15) is 0 Å². The van der Waals surface area contributed by atoms with Crippen molar-refractivity contribution in [3.8, 4) is 0 Å². The van der Waals surface area contributed by atoms with Gasteiger partial charge in [0.25, 0.3) is 0 Å². The molecule has 0 aromatic carbocycles. The topological polar surface area (TPSA) is 51.8 Å². The second kappa shape index (κ2) is 2.51. The van der Waals surface area contributed by atoms with E-state index in [2.05, 4.69) is 9.97 Å². The van der Waals surface area contributed by atoms with Gasteiger partial charge in [0.2, 0.25) is 0 Å². The van der Waals surface area contributed by atoms with E-state index in [0.29, 0.717) is 0 Å². The summed E-state index contributed by atoms with van der Waals surface area (Å²) < 4.78 is 0. The predicted octanol–water partition coefficient (Wildman–Crippen LogP) is 1.58. The molecule has 0 radical (unpaired) electrons. The molecular weight excluding hydrogens is 174 g/mol. The van der Waals surface area contributed by atoms with E-state index in [4.69, 9.17) is 5.73 Å². The van der Waals surface area contributed by atoms with E-state index >= 15 is 0 Å². The van der Waals surface area contributed by atoms with Gasteiger partial charge in [-0.05, 0) is 37.1 Å². The molecule has 1 aliphatic carbocycles. The molecule has 0 aliphatic heterocycles. The zero-order chi connectivity index (χ0) is 9.60. The van der Waals surface area contributed by atoms with Crippen LogP contribution in [-0.2, 0) is 5.54 Å². The number of hydrogen-bond acceptors (Lipinski definition) is 3. The smallest absolute Gasteiger partial charge is 0.0890 e. The first-order chi connectivity index (χ1) is 6.78. The van der Waals surface area contributed by atoms with Crippen LogP contribution in [0.4, 0.5) is 0 Å². The number of fused-ring (bicyclic) bond motifs is 1. The van der Waals surface area contributed by atoms with E-state index in [1.807, 2.05) is 24.3 Å². The zero-order valence-corrected chi connectivity index (χ0v) is 7.77. The molecule has 1 fully saturated rings. The number of rotatable bonds is 1. The number of hydrogen-bond donors (Lipinski definition) is 1. The Morgan fingerprint density at radius 1 is 1.14 bits per heavy atom. The van der Waals surface area contributed by atoms with Crippen molar-refractivity contribution in [2.75, 3.05) is 0 Å². The molecule has 2 aromatic rings. The minimum absolute atomic E-state index is 0.149. The second-order valence-corrected chi connectivity index (χ2v) is 3.89. The van der Waals surface area contributed by atoms with E-state index < -0.39 is 0 Å². The fourth-order valence-corrected chi connectivity index (χ4v) is 1.62.